The van der Waals surface area contributed by atoms with E-state index in [1.54, 1.807) is 0 Å². The van der Waals surface area contributed by atoms with Crippen LogP contribution in [0.15, 0.2) is 5.16 Å². The van der Waals surface area contributed by atoms with E-state index in [0.29, 0.717) is 12.5 Å². The zero-order valence-electron chi connectivity index (χ0n) is 17.3. The summed E-state index contributed by atoms with van der Waals surface area (Å²) in [4.78, 5) is 7.53. The summed E-state index contributed by atoms with van der Waals surface area (Å²) in [6.45, 7) is 3.81. The monoisotopic (exact) mass is 364 g/mol. The third kappa shape index (κ3) is 4.44. The van der Waals surface area contributed by atoms with Gasteiger partial charge >= 0.3 is 0 Å². The van der Waals surface area contributed by atoms with Crippen molar-refractivity contribution in [3.63, 3.8) is 0 Å². The third-order valence-electron chi connectivity index (χ3n) is 7.79. The van der Waals surface area contributed by atoms with E-state index in [2.05, 4.69) is 17.0 Å². The minimum absolute atomic E-state index is 0.0233. The smallest absolute Gasteiger partial charge is 0.129 e. The lowest BCUT2D eigenvalue weighted by Gasteiger charge is -2.49. The molecule has 4 atom stereocenters. The van der Waals surface area contributed by atoms with E-state index in [0.717, 1.165) is 44.1 Å². The van der Waals surface area contributed by atoms with Crippen LogP contribution in [0.25, 0.3) is 0 Å². The molecule has 0 heterocycles. The number of aliphatic hydroxyl groups is 1. The summed E-state index contributed by atoms with van der Waals surface area (Å²) < 4.78 is 0. The van der Waals surface area contributed by atoms with Gasteiger partial charge in [-0.05, 0) is 64.5 Å². The summed E-state index contributed by atoms with van der Waals surface area (Å²) in [5.74, 6) is 2.00. The molecule has 3 fully saturated rings. The molecule has 0 aromatic rings. The first kappa shape index (κ1) is 20.1. The van der Waals surface area contributed by atoms with Crippen molar-refractivity contribution in [2.24, 2.45) is 28.3 Å². The van der Waals surface area contributed by atoms with Crippen LogP contribution < -0.4 is 0 Å². The van der Waals surface area contributed by atoms with Gasteiger partial charge in [0.15, 0.2) is 0 Å². The summed E-state index contributed by atoms with van der Waals surface area (Å²) in [6, 6.07) is 0. The van der Waals surface area contributed by atoms with Crippen LogP contribution in [0.2, 0.25) is 0 Å². The van der Waals surface area contributed by atoms with Crippen molar-refractivity contribution < 1.29 is 9.94 Å². The second kappa shape index (κ2) is 8.60. The number of oxime groups is 1. The minimum atomic E-state index is -0.495. The van der Waals surface area contributed by atoms with Crippen molar-refractivity contribution in [2.75, 3.05) is 27.2 Å². The van der Waals surface area contributed by atoms with Crippen LogP contribution in [0.5, 0.6) is 0 Å². The zero-order valence-corrected chi connectivity index (χ0v) is 17.3. The predicted molar refractivity (Wildman–Crippen MR) is 107 cm³/mol. The molecule has 0 aromatic carbocycles. The fourth-order valence-corrected chi connectivity index (χ4v) is 5.91. The summed E-state index contributed by atoms with van der Waals surface area (Å²) in [7, 11) is 4.08. The number of fused-ring (bicyclic) bond motifs is 1. The Labute approximate surface area is 160 Å². The van der Waals surface area contributed by atoms with Crippen molar-refractivity contribution in [2.45, 2.75) is 83.2 Å². The number of nitrogens with zero attached hydrogens (tertiary/aromatic N) is 2. The molecule has 0 radical (unpaired) electrons. The van der Waals surface area contributed by atoms with Crippen molar-refractivity contribution in [3.8, 4) is 0 Å². The summed E-state index contributed by atoms with van der Waals surface area (Å²) in [5.41, 5.74) is -0.518. The SMILES string of the molecule is CN(C)CCO/N=C/[C@H]1CC[C@]2(O)C[C@@H](CC3CCCCC3)CC[C@]12C. The van der Waals surface area contributed by atoms with Crippen LogP contribution in [0.1, 0.15) is 77.6 Å². The fourth-order valence-electron chi connectivity index (χ4n) is 5.91. The molecule has 0 unspecified atom stereocenters. The van der Waals surface area contributed by atoms with Crippen LogP contribution in [0.3, 0.4) is 0 Å². The maximum Gasteiger partial charge on any atom is 0.129 e. The van der Waals surface area contributed by atoms with Gasteiger partial charge in [0.2, 0.25) is 0 Å². The highest BCUT2D eigenvalue weighted by molar-refractivity contribution is 5.62. The zero-order chi connectivity index (χ0) is 18.6. The second-order valence-corrected chi connectivity index (χ2v) is 9.83. The largest absolute Gasteiger partial charge is 0.395 e. The van der Waals surface area contributed by atoms with E-state index in [-0.39, 0.29) is 5.41 Å². The van der Waals surface area contributed by atoms with Gasteiger partial charge in [0, 0.05) is 24.1 Å². The van der Waals surface area contributed by atoms with Crippen molar-refractivity contribution in [1.29, 1.82) is 0 Å². The Morgan fingerprint density at radius 2 is 1.85 bits per heavy atom. The summed E-state index contributed by atoms with van der Waals surface area (Å²) in [5, 5.41) is 15.7. The first-order valence-electron chi connectivity index (χ1n) is 11.0. The number of likely N-dealkylation sites (N-methyl/N-ethyl adjacent to an activating group) is 1. The molecule has 4 nitrogen and oxygen atoms in total. The lowest BCUT2D eigenvalue weighted by Crippen LogP contribution is -2.50. The van der Waals surface area contributed by atoms with Gasteiger partial charge in [-0.1, -0.05) is 44.2 Å². The number of hydrogen-bond acceptors (Lipinski definition) is 4. The molecular weight excluding hydrogens is 324 g/mol. The maximum atomic E-state index is 11.5. The molecule has 3 rings (SSSR count). The van der Waals surface area contributed by atoms with E-state index in [1.807, 2.05) is 20.3 Å². The Morgan fingerprint density at radius 3 is 2.58 bits per heavy atom. The van der Waals surface area contributed by atoms with Crippen LogP contribution >= 0.6 is 0 Å². The highest BCUT2D eigenvalue weighted by Crippen LogP contribution is 2.59. The second-order valence-electron chi connectivity index (χ2n) is 9.83. The van der Waals surface area contributed by atoms with Gasteiger partial charge in [0.1, 0.15) is 6.61 Å². The van der Waals surface area contributed by atoms with Crippen molar-refractivity contribution in [1.82, 2.24) is 4.90 Å². The molecule has 4 heteroatoms. The van der Waals surface area contributed by atoms with E-state index in [1.165, 1.54) is 44.9 Å². The Hall–Kier alpha value is -0.610. The van der Waals surface area contributed by atoms with E-state index in [4.69, 9.17) is 4.84 Å². The molecule has 0 aliphatic heterocycles. The Balaban J connectivity index is 1.53. The van der Waals surface area contributed by atoms with Crippen molar-refractivity contribution in [3.05, 3.63) is 0 Å². The minimum Gasteiger partial charge on any atom is -0.395 e. The lowest BCUT2D eigenvalue weighted by atomic mass is 9.59. The van der Waals surface area contributed by atoms with Crippen LogP contribution in [-0.2, 0) is 4.84 Å². The molecule has 0 bridgehead atoms. The molecule has 0 aromatic heterocycles. The quantitative estimate of drug-likeness (QED) is 0.412. The molecule has 3 saturated carbocycles. The molecule has 3 aliphatic carbocycles. The molecule has 0 saturated heterocycles. The normalized spacial score (nSPS) is 38.8. The topological polar surface area (TPSA) is 45.1 Å². The number of hydrogen-bond donors (Lipinski definition) is 1. The van der Waals surface area contributed by atoms with E-state index in [9.17, 15) is 5.11 Å². The Morgan fingerprint density at radius 1 is 1.08 bits per heavy atom. The molecular formula is C22H40N2O2. The van der Waals surface area contributed by atoms with Gasteiger partial charge < -0.3 is 14.8 Å². The first-order valence-corrected chi connectivity index (χ1v) is 11.0. The van der Waals surface area contributed by atoms with Gasteiger partial charge in [0.05, 0.1) is 5.60 Å². The van der Waals surface area contributed by atoms with E-state index >= 15 is 0 Å². The molecule has 1 N–H and O–H groups in total. The molecule has 26 heavy (non-hydrogen) atoms. The maximum absolute atomic E-state index is 11.5. The van der Waals surface area contributed by atoms with Crippen LogP contribution in [0, 0.1) is 23.2 Å². The Bertz CT molecular complexity index is 475. The highest BCUT2D eigenvalue weighted by Gasteiger charge is 2.58. The summed E-state index contributed by atoms with van der Waals surface area (Å²) in [6.07, 6.45) is 15.9. The summed E-state index contributed by atoms with van der Waals surface area (Å²) >= 11 is 0. The lowest BCUT2D eigenvalue weighted by molar-refractivity contribution is -0.109. The third-order valence-corrected chi connectivity index (χ3v) is 7.79. The van der Waals surface area contributed by atoms with Crippen LogP contribution in [-0.4, -0.2) is 49.1 Å². The highest BCUT2D eigenvalue weighted by atomic mass is 16.6. The number of rotatable bonds is 7. The molecule has 0 spiro atoms. The average molecular weight is 365 g/mol. The molecule has 3 aliphatic rings. The van der Waals surface area contributed by atoms with Gasteiger partial charge in [-0.2, -0.15) is 0 Å². The van der Waals surface area contributed by atoms with Gasteiger partial charge in [-0.25, -0.2) is 0 Å². The van der Waals surface area contributed by atoms with Crippen LogP contribution in [0.4, 0.5) is 0 Å². The molecule has 0 amide bonds. The van der Waals surface area contributed by atoms with Crippen molar-refractivity contribution >= 4 is 6.21 Å². The fraction of sp³-hybridized carbons (Fsp3) is 0.955. The van der Waals surface area contributed by atoms with Gasteiger partial charge in [-0.15, -0.1) is 0 Å². The van der Waals surface area contributed by atoms with Gasteiger partial charge in [0.25, 0.3) is 0 Å². The first-order chi connectivity index (χ1) is 12.4. The predicted octanol–water partition coefficient (Wildman–Crippen LogP) is 4.47. The molecule has 150 valence electrons. The van der Waals surface area contributed by atoms with E-state index < -0.39 is 5.60 Å². The average Bonchev–Trinajstić information content (AvgIpc) is 2.86. The Kier molecular flexibility index (Phi) is 6.66. The standard InChI is InChI=1S/C22H40N2O2/c1-21-11-9-19(15-18-7-5-4-6-8-18)16-22(21,25)12-10-20(21)17-23-26-14-13-24(2)3/h17-20,25H,4-16H2,1-3H3/b23-17+/t19-,20-,21-,22+/m1/s1. The van der Waals surface area contributed by atoms with Gasteiger partial charge in [-0.3, -0.25) is 0 Å².